The Morgan fingerprint density at radius 3 is 2.07 bits per heavy atom. The van der Waals surface area contributed by atoms with Crippen LogP contribution in [0.4, 0.5) is 5.69 Å². The van der Waals surface area contributed by atoms with Crippen LogP contribution in [-0.2, 0) is 0 Å². The number of ether oxygens (including phenoxy) is 2. The molecule has 0 fully saturated rings. The number of hydrogen-bond acceptors (Lipinski definition) is 3. The van der Waals surface area contributed by atoms with Gasteiger partial charge in [-0.05, 0) is 13.3 Å². The van der Waals surface area contributed by atoms with Crippen molar-refractivity contribution in [2.45, 2.75) is 26.3 Å². The van der Waals surface area contributed by atoms with Crippen molar-refractivity contribution in [2.75, 3.05) is 19.5 Å². The highest BCUT2D eigenvalue weighted by atomic mass is 16.5. The first kappa shape index (κ1) is 11.7. The summed E-state index contributed by atoms with van der Waals surface area (Å²) >= 11 is 0. The Bertz CT molecular complexity index is 290. The summed E-state index contributed by atoms with van der Waals surface area (Å²) in [5.74, 6) is 1.61. The number of nitrogens with one attached hydrogen (secondary N) is 1. The Labute approximate surface area is 91.4 Å². The highest BCUT2D eigenvalue weighted by Gasteiger charge is 2.03. The van der Waals surface area contributed by atoms with Crippen LogP contribution in [0.15, 0.2) is 18.2 Å². The van der Waals surface area contributed by atoms with Crippen molar-refractivity contribution in [2.24, 2.45) is 0 Å². The van der Waals surface area contributed by atoms with Gasteiger partial charge in [0, 0.05) is 29.9 Å². The maximum Gasteiger partial charge on any atom is 0.124 e. The van der Waals surface area contributed by atoms with E-state index in [4.69, 9.17) is 9.47 Å². The number of rotatable bonds is 5. The third-order valence-electron chi connectivity index (χ3n) is 2.38. The van der Waals surface area contributed by atoms with Crippen molar-refractivity contribution in [3.63, 3.8) is 0 Å². The van der Waals surface area contributed by atoms with Gasteiger partial charge in [-0.2, -0.15) is 0 Å². The minimum Gasteiger partial charge on any atom is -0.497 e. The van der Waals surface area contributed by atoms with Gasteiger partial charge in [-0.3, -0.25) is 0 Å². The molecule has 0 aliphatic carbocycles. The van der Waals surface area contributed by atoms with Gasteiger partial charge in [-0.15, -0.1) is 0 Å². The molecule has 0 spiro atoms. The van der Waals surface area contributed by atoms with E-state index in [-0.39, 0.29) is 0 Å². The zero-order chi connectivity index (χ0) is 11.3. The SMILES string of the molecule is CC[C@H](C)Nc1cc(OC)cc(OC)c1. The van der Waals surface area contributed by atoms with Crippen LogP contribution in [0.5, 0.6) is 11.5 Å². The Morgan fingerprint density at radius 1 is 1.13 bits per heavy atom. The molecule has 3 nitrogen and oxygen atoms in total. The molecule has 1 N–H and O–H groups in total. The second-order valence-electron chi connectivity index (χ2n) is 3.55. The van der Waals surface area contributed by atoms with Crippen molar-refractivity contribution in [1.29, 1.82) is 0 Å². The summed E-state index contributed by atoms with van der Waals surface area (Å²) in [7, 11) is 3.31. The molecular weight excluding hydrogens is 190 g/mol. The quantitative estimate of drug-likeness (QED) is 0.808. The van der Waals surface area contributed by atoms with Crippen molar-refractivity contribution >= 4 is 5.69 Å². The first-order chi connectivity index (χ1) is 7.19. The first-order valence-corrected chi connectivity index (χ1v) is 5.19. The standard InChI is InChI=1S/C12H19NO2/c1-5-9(2)13-10-6-11(14-3)8-12(7-10)15-4/h6-9,13H,5H2,1-4H3/t9-/m0/s1. The number of hydrogen-bond donors (Lipinski definition) is 1. The van der Waals surface area contributed by atoms with Crippen molar-refractivity contribution in [1.82, 2.24) is 0 Å². The predicted molar refractivity (Wildman–Crippen MR) is 62.9 cm³/mol. The second-order valence-corrected chi connectivity index (χ2v) is 3.55. The number of anilines is 1. The molecule has 0 unspecified atom stereocenters. The second kappa shape index (κ2) is 5.49. The summed E-state index contributed by atoms with van der Waals surface area (Å²) in [6.45, 7) is 4.29. The predicted octanol–water partition coefficient (Wildman–Crippen LogP) is 2.91. The van der Waals surface area contributed by atoms with Gasteiger partial charge in [0.25, 0.3) is 0 Å². The van der Waals surface area contributed by atoms with E-state index in [2.05, 4.69) is 19.2 Å². The Hall–Kier alpha value is -1.38. The molecule has 1 aromatic rings. The fourth-order valence-corrected chi connectivity index (χ4v) is 1.28. The minimum absolute atomic E-state index is 0.446. The zero-order valence-electron chi connectivity index (χ0n) is 9.83. The van der Waals surface area contributed by atoms with Gasteiger partial charge < -0.3 is 14.8 Å². The smallest absolute Gasteiger partial charge is 0.124 e. The molecule has 0 radical (unpaired) electrons. The van der Waals surface area contributed by atoms with Gasteiger partial charge in [0.1, 0.15) is 11.5 Å². The van der Waals surface area contributed by atoms with Crippen molar-refractivity contribution < 1.29 is 9.47 Å². The summed E-state index contributed by atoms with van der Waals surface area (Å²) in [4.78, 5) is 0. The fourth-order valence-electron chi connectivity index (χ4n) is 1.28. The molecule has 0 amide bonds. The van der Waals surface area contributed by atoms with Crippen LogP contribution in [0.1, 0.15) is 20.3 Å². The van der Waals surface area contributed by atoms with E-state index in [9.17, 15) is 0 Å². The lowest BCUT2D eigenvalue weighted by molar-refractivity contribution is 0.394. The molecule has 0 aliphatic heterocycles. The molecule has 3 heteroatoms. The lowest BCUT2D eigenvalue weighted by Gasteiger charge is -2.15. The number of benzene rings is 1. The topological polar surface area (TPSA) is 30.5 Å². The summed E-state index contributed by atoms with van der Waals surface area (Å²) < 4.78 is 10.4. The summed E-state index contributed by atoms with van der Waals surface area (Å²) in [6, 6.07) is 6.24. The minimum atomic E-state index is 0.446. The van der Waals surface area contributed by atoms with E-state index in [1.54, 1.807) is 14.2 Å². The van der Waals surface area contributed by atoms with Gasteiger partial charge in [0.2, 0.25) is 0 Å². The normalized spacial score (nSPS) is 12.0. The van der Waals surface area contributed by atoms with Crippen LogP contribution < -0.4 is 14.8 Å². The molecule has 1 atom stereocenters. The molecule has 0 heterocycles. The van der Waals surface area contributed by atoms with E-state index in [1.807, 2.05) is 18.2 Å². The summed E-state index contributed by atoms with van der Waals surface area (Å²) in [5.41, 5.74) is 1.03. The van der Waals surface area contributed by atoms with E-state index in [1.165, 1.54) is 0 Å². The van der Waals surface area contributed by atoms with Crippen molar-refractivity contribution in [3.05, 3.63) is 18.2 Å². The largest absolute Gasteiger partial charge is 0.497 e. The summed E-state index contributed by atoms with van der Waals surface area (Å²) in [6.07, 6.45) is 1.08. The fraction of sp³-hybridized carbons (Fsp3) is 0.500. The van der Waals surface area contributed by atoms with Crippen LogP contribution in [0.25, 0.3) is 0 Å². The Kier molecular flexibility index (Phi) is 4.28. The molecule has 0 aliphatic rings. The van der Waals surface area contributed by atoms with E-state index >= 15 is 0 Å². The zero-order valence-corrected chi connectivity index (χ0v) is 9.83. The van der Waals surface area contributed by atoms with Gasteiger partial charge in [0.15, 0.2) is 0 Å². The Balaban J connectivity index is 2.86. The molecule has 0 bridgehead atoms. The average molecular weight is 209 g/mol. The molecule has 1 rings (SSSR count). The Morgan fingerprint density at radius 2 is 1.67 bits per heavy atom. The molecular formula is C12H19NO2. The monoisotopic (exact) mass is 209 g/mol. The molecule has 0 aromatic heterocycles. The molecule has 84 valence electrons. The number of methoxy groups -OCH3 is 2. The van der Waals surface area contributed by atoms with E-state index in [0.717, 1.165) is 23.6 Å². The third kappa shape index (κ3) is 3.35. The van der Waals surface area contributed by atoms with Crippen LogP contribution in [0, 0.1) is 0 Å². The highest BCUT2D eigenvalue weighted by molar-refractivity contribution is 5.54. The third-order valence-corrected chi connectivity index (χ3v) is 2.38. The van der Waals surface area contributed by atoms with Crippen LogP contribution in [0.3, 0.4) is 0 Å². The highest BCUT2D eigenvalue weighted by Crippen LogP contribution is 2.26. The average Bonchev–Trinajstić information content (AvgIpc) is 2.28. The van der Waals surface area contributed by atoms with E-state index in [0.29, 0.717) is 6.04 Å². The molecule has 1 aromatic carbocycles. The van der Waals surface area contributed by atoms with Gasteiger partial charge >= 0.3 is 0 Å². The maximum absolute atomic E-state index is 5.19. The van der Waals surface area contributed by atoms with Crippen LogP contribution >= 0.6 is 0 Å². The first-order valence-electron chi connectivity index (χ1n) is 5.19. The summed E-state index contributed by atoms with van der Waals surface area (Å²) in [5, 5.41) is 3.38. The van der Waals surface area contributed by atoms with Crippen LogP contribution in [-0.4, -0.2) is 20.3 Å². The van der Waals surface area contributed by atoms with Gasteiger partial charge in [-0.1, -0.05) is 6.92 Å². The van der Waals surface area contributed by atoms with E-state index < -0.39 is 0 Å². The van der Waals surface area contributed by atoms with Crippen LogP contribution in [0.2, 0.25) is 0 Å². The van der Waals surface area contributed by atoms with Crippen molar-refractivity contribution in [3.8, 4) is 11.5 Å². The molecule has 15 heavy (non-hydrogen) atoms. The van der Waals surface area contributed by atoms with Gasteiger partial charge in [-0.25, -0.2) is 0 Å². The maximum atomic E-state index is 5.19. The molecule has 0 saturated heterocycles. The van der Waals surface area contributed by atoms with Gasteiger partial charge in [0.05, 0.1) is 14.2 Å². The lowest BCUT2D eigenvalue weighted by atomic mass is 10.2. The molecule has 0 saturated carbocycles. The lowest BCUT2D eigenvalue weighted by Crippen LogP contribution is -2.13.